The predicted octanol–water partition coefficient (Wildman–Crippen LogP) is 4.05. The Morgan fingerprint density at radius 3 is 2.70 bits per heavy atom. The number of benzene rings is 1. The molecule has 0 unspecified atom stereocenters. The number of H-pyrrole nitrogens is 1. The highest BCUT2D eigenvalue weighted by Crippen LogP contribution is 2.34. The Hall–Kier alpha value is -2.75. The molecule has 1 N–H and O–H groups in total. The van der Waals surface area contributed by atoms with Crippen molar-refractivity contribution in [2.45, 2.75) is 26.2 Å². The highest BCUT2D eigenvalue weighted by atomic mass is 14.9. The van der Waals surface area contributed by atoms with Gasteiger partial charge in [-0.25, -0.2) is 15.0 Å². The van der Waals surface area contributed by atoms with E-state index in [0.29, 0.717) is 0 Å². The van der Waals surface area contributed by atoms with Crippen LogP contribution in [0.25, 0.3) is 22.8 Å². The number of nitrogens with one attached hydrogen (secondary N) is 1. The first-order valence-electron chi connectivity index (χ1n) is 7.91. The number of aryl methyl sites for hydroxylation is 2. The lowest BCUT2D eigenvalue weighted by Gasteiger charge is -2.20. The van der Waals surface area contributed by atoms with Crippen LogP contribution in [-0.2, 0) is 6.42 Å². The van der Waals surface area contributed by atoms with Gasteiger partial charge in [0, 0.05) is 24.2 Å². The predicted molar refractivity (Wildman–Crippen MR) is 91.6 cm³/mol. The number of hydrogen-bond donors (Lipinski definition) is 1. The summed E-state index contributed by atoms with van der Waals surface area (Å²) in [5.41, 5.74) is 7.30. The Morgan fingerprint density at radius 2 is 1.91 bits per heavy atom. The fourth-order valence-electron chi connectivity index (χ4n) is 3.10. The van der Waals surface area contributed by atoms with Crippen LogP contribution in [-0.4, -0.2) is 19.9 Å². The van der Waals surface area contributed by atoms with Gasteiger partial charge in [0.1, 0.15) is 5.82 Å². The summed E-state index contributed by atoms with van der Waals surface area (Å²) in [7, 11) is 0. The van der Waals surface area contributed by atoms with Crippen molar-refractivity contribution in [2.24, 2.45) is 0 Å². The average molecular weight is 302 g/mol. The molecule has 0 saturated heterocycles. The standard InChI is InChI=1S/C19H18N4/c1-13-21-9-17(10-22-13)15-6-5-14-3-2-4-16(19(14)8-15)7-18-11-20-12-23-18/h5-12H,2-4H2,1H3,(H,20,23)/b16-7+. The summed E-state index contributed by atoms with van der Waals surface area (Å²) in [5, 5.41) is 0. The van der Waals surface area contributed by atoms with Crippen LogP contribution in [0.15, 0.2) is 43.1 Å². The zero-order valence-corrected chi connectivity index (χ0v) is 13.1. The van der Waals surface area contributed by atoms with Gasteiger partial charge in [0.2, 0.25) is 0 Å². The highest BCUT2D eigenvalue weighted by molar-refractivity contribution is 5.84. The van der Waals surface area contributed by atoms with E-state index in [1.165, 1.54) is 28.7 Å². The van der Waals surface area contributed by atoms with Gasteiger partial charge in [-0.1, -0.05) is 12.1 Å². The number of hydrogen-bond acceptors (Lipinski definition) is 3. The van der Waals surface area contributed by atoms with Crippen molar-refractivity contribution >= 4 is 11.6 Å². The minimum absolute atomic E-state index is 0.797. The monoisotopic (exact) mass is 302 g/mol. The summed E-state index contributed by atoms with van der Waals surface area (Å²) >= 11 is 0. The maximum absolute atomic E-state index is 4.32. The van der Waals surface area contributed by atoms with Crippen LogP contribution < -0.4 is 0 Å². The number of aromatic amines is 1. The lowest BCUT2D eigenvalue weighted by molar-refractivity contribution is 0.824. The summed E-state index contributed by atoms with van der Waals surface area (Å²) in [6.07, 6.45) is 13.0. The molecule has 23 heavy (non-hydrogen) atoms. The lowest BCUT2D eigenvalue weighted by atomic mass is 9.85. The third-order valence-corrected chi connectivity index (χ3v) is 4.30. The van der Waals surface area contributed by atoms with Crippen molar-refractivity contribution in [1.29, 1.82) is 0 Å². The van der Waals surface area contributed by atoms with E-state index in [0.717, 1.165) is 29.9 Å². The van der Waals surface area contributed by atoms with Gasteiger partial charge in [0.25, 0.3) is 0 Å². The number of allylic oxidation sites excluding steroid dienone is 1. The summed E-state index contributed by atoms with van der Waals surface area (Å²) in [4.78, 5) is 16.0. The van der Waals surface area contributed by atoms with Crippen LogP contribution in [0.3, 0.4) is 0 Å². The van der Waals surface area contributed by atoms with E-state index in [4.69, 9.17) is 0 Å². The maximum Gasteiger partial charge on any atom is 0.125 e. The fraction of sp³-hybridized carbons (Fsp3) is 0.211. The van der Waals surface area contributed by atoms with Gasteiger partial charge in [0.15, 0.2) is 0 Å². The van der Waals surface area contributed by atoms with Crippen LogP contribution in [0.4, 0.5) is 0 Å². The first kappa shape index (κ1) is 13.9. The van der Waals surface area contributed by atoms with Gasteiger partial charge >= 0.3 is 0 Å². The summed E-state index contributed by atoms with van der Waals surface area (Å²) < 4.78 is 0. The molecule has 1 aromatic carbocycles. The number of rotatable bonds is 2. The molecule has 4 nitrogen and oxygen atoms in total. The Kier molecular flexibility index (Phi) is 3.50. The molecule has 2 aromatic heterocycles. The Morgan fingerprint density at radius 1 is 1.04 bits per heavy atom. The largest absolute Gasteiger partial charge is 0.351 e. The van der Waals surface area contributed by atoms with Gasteiger partial charge < -0.3 is 4.98 Å². The maximum atomic E-state index is 4.32. The second kappa shape index (κ2) is 5.80. The van der Waals surface area contributed by atoms with Crippen LogP contribution in [0.1, 0.15) is 35.5 Å². The molecule has 1 aliphatic rings. The topological polar surface area (TPSA) is 54.5 Å². The van der Waals surface area contributed by atoms with Crippen molar-refractivity contribution in [3.8, 4) is 11.1 Å². The van der Waals surface area contributed by atoms with Gasteiger partial charge in [-0.2, -0.15) is 0 Å². The van der Waals surface area contributed by atoms with Crippen LogP contribution >= 0.6 is 0 Å². The first-order valence-corrected chi connectivity index (χ1v) is 7.91. The van der Waals surface area contributed by atoms with E-state index >= 15 is 0 Å². The van der Waals surface area contributed by atoms with Crippen LogP contribution in [0.2, 0.25) is 0 Å². The van der Waals surface area contributed by atoms with E-state index in [-0.39, 0.29) is 0 Å². The quantitative estimate of drug-likeness (QED) is 0.777. The fourth-order valence-corrected chi connectivity index (χ4v) is 3.10. The van der Waals surface area contributed by atoms with Gasteiger partial charge in [-0.05, 0) is 60.6 Å². The van der Waals surface area contributed by atoms with Crippen molar-refractivity contribution < 1.29 is 0 Å². The van der Waals surface area contributed by atoms with E-state index in [1.54, 1.807) is 6.33 Å². The SMILES string of the molecule is Cc1ncc(-c2ccc3c(c2)/C(=C/c2c[nH]cn2)CCC3)cn1. The molecule has 0 radical (unpaired) electrons. The average Bonchev–Trinajstić information content (AvgIpc) is 3.09. The van der Waals surface area contributed by atoms with E-state index in [9.17, 15) is 0 Å². The smallest absolute Gasteiger partial charge is 0.125 e. The lowest BCUT2D eigenvalue weighted by Crippen LogP contribution is -2.02. The van der Waals surface area contributed by atoms with Gasteiger partial charge in [-0.3, -0.25) is 0 Å². The molecule has 0 bridgehead atoms. The van der Waals surface area contributed by atoms with Crippen LogP contribution in [0, 0.1) is 6.92 Å². The molecule has 114 valence electrons. The molecule has 3 aromatic rings. The third-order valence-electron chi connectivity index (χ3n) is 4.30. The Bertz CT molecular complexity index is 846. The van der Waals surface area contributed by atoms with E-state index < -0.39 is 0 Å². The Balaban J connectivity index is 1.78. The van der Waals surface area contributed by atoms with Gasteiger partial charge in [-0.15, -0.1) is 0 Å². The Labute approximate surface area is 135 Å². The molecule has 4 heteroatoms. The molecule has 1 aliphatic carbocycles. The molecule has 0 aliphatic heterocycles. The third kappa shape index (κ3) is 2.80. The molecule has 0 atom stereocenters. The van der Waals surface area contributed by atoms with Crippen molar-refractivity contribution in [3.63, 3.8) is 0 Å². The van der Waals surface area contributed by atoms with Crippen molar-refractivity contribution in [1.82, 2.24) is 19.9 Å². The molecular weight excluding hydrogens is 284 g/mol. The summed E-state index contributed by atoms with van der Waals surface area (Å²) in [5.74, 6) is 0.797. The molecule has 0 spiro atoms. The highest BCUT2D eigenvalue weighted by Gasteiger charge is 2.15. The zero-order valence-electron chi connectivity index (χ0n) is 13.1. The molecule has 0 fully saturated rings. The van der Waals surface area contributed by atoms with Gasteiger partial charge in [0.05, 0.1) is 12.0 Å². The molecule has 0 amide bonds. The van der Waals surface area contributed by atoms with Crippen molar-refractivity contribution in [2.75, 3.05) is 0 Å². The zero-order chi connectivity index (χ0) is 15.6. The number of fused-ring (bicyclic) bond motifs is 1. The van der Waals surface area contributed by atoms with Crippen molar-refractivity contribution in [3.05, 3.63) is 65.8 Å². The molecular formula is C19H18N4. The van der Waals surface area contributed by atoms with E-state index in [1.807, 2.05) is 25.5 Å². The minimum Gasteiger partial charge on any atom is -0.351 e. The first-order chi connectivity index (χ1) is 11.3. The summed E-state index contributed by atoms with van der Waals surface area (Å²) in [6.45, 7) is 1.90. The van der Waals surface area contributed by atoms with Crippen LogP contribution in [0.5, 0.6) is 0 Å². The second-order valence-corrected chi connectivity index (χ2v) is 5.91. The van der Waals surface area contributed by atoms with E-state index in [2.05, 4.69) is 44.2 Å². The number of nitrogens with zero attached hydrogens (tertiary/aromatic N) is 3. The minimum atomic E-state index is 0.797. The molecule has 4 rings (SSSR count). The number of aromatic nitrogens is 4. The normalized spacial score (nSPS) is 15.6. The molecule has 2 heterocycles. The number of imidazole rings is 1. The molecule has 0 saturated carbocycles. The second-order valence-electron chi connectivity index (χ2n) is 5.91. The summed E-state index contributed by atoms with van der Waals surface area (Å²) in [6, 6.07) is 6.67.